The number of nitrogen functional groups attached to an aromatic ring is 1. The van der Waals surface area contributed by atoms with Gasteiger partial charge in [-0.25, -0.2) is 14.9 Å². The topological polar surface area (TPSA) is 213 Å². The highest BCUT2D eigenvalue weighted by Crippen LogP contribution is 2.44. The number of aromatic nitrogens is 5. The number of carboxylic acid groups (broad SMARTS) is 1. The number of carbonyl (C=O) groups excluding carboxylic acids is 2. The third-order valence-corrected chi connectivity index (χ3v) is 8.47. The van der Waals surface area contributed by atoms with Crippen LogP contribution in [0, 0.1) is 0 Å². The van der Waals surface area contributed by atoms with Crippen LogP contribution in [0.25, 0.3) is 0 Å². The first-order chi connectivity index (χ1) is 15.4. The average molecular weight is 516 g/mol. The normalized spacial score (nSPS) is 20.7. The van der Waals surface area contributed by atoms with E-state index in [9.17, 15) is 24.7 Å². The molecule has 0 spiro atoms. The minimum atomic E-state index is -1.24. The predicted octanol–water partition coefficient (Wildman–Crippen LogP) is -0.404. The number of carboxylic acids is 1. The lowest BCUT2D eigenvalue weighted by Crippen LogP contribution is -2.71. The minimum absolute atomic E-state index is 0.0664. The fraction of sp³-hybridized carbons (Fsp3) is 0.286. The summed E-state index contributed by atoms with van der Waals surface area (Å²) in [5.41, 5.74) is 5.09. The first-order valence-corrected chi connectivity index (χ1v) is 12.5. The first-order valence-electron chi connectivity index (χ1n) is 8.55. The number of amides is 2. The Hall–Kier alpha value is -2.83. The van der Waals surface area contributed by atoms with E-state index in [0.717, 1.165) is 16.2 Å². The molecule has 0 radical (unpaired) electrons. The number of tetrazole rings is 1. The van der Waals surface area contributed by atoms with E-state index in [2.05, 4.69) is 36.1 Å². The molecule has 2 amide bonds. The molecule has 0 aromatic carbocycles. The summed E-state index contributed by atoms with van der Waals surface area (Å²) in [5.74, 6) is -2.30. The number of β-lactam (4-membered cyclic amide) rings is 1. The molecule has 14 nitrogen and oxygen atoms in total. The molecule has 0 aliphatic carbocycles. The summed E-state index contributed by atoms with van der Waals surface area (Å²) in [6.07, 6.45) is 0. The molecule has 2 aliphatic heterocycles. The van der Waals surface area contributed by atoms with Gasteiger partial charge in [-0.05, 0) is 10.4 Å². The Balaban J connectivity index is 1.44. The second kappa shape index (κ2) is 9.35. The second-order valence-corrected chi connectivity index (χ2v) is 10.5. The van der Waals surface area contributed by atoms with E-state index >= 15 is 0 Å². The Morgan fingerprint density at radius 1 is 1.44 bits per heavy atom. The highest BCUT2D eigenvalue weighted by molar-refractivity contribution is 8.18. The SMILES string of the molecule is Nc1nc(/C(=N/O)C(=O)N[C@@H]2C(=O)N3C(C(=O)O)=C(SCSc4nnn[nH]4)CS[C@@H]23)cs1. The molecule has 6 N–H and O–H groups in total. The van der Waals surface area contributed by atoms with Gasteiger partial charge in [-0.2, -0.15) is 0 Å². The third kappa shape index (κ3) is 4.25. The monoisotopic (exact) mass is 515 g/mol. The van der Waals surface area contributed by atoms with Crippen molar-refractivity contribution >= 4 is 75.2 Å². The number of rotatable bonds is 8. The molecule has 2 aromatic heterocycles. The van der Waals surface area contributed by atoms with Crippen LogP contribution in [0.4, 0.5) is 5.13 Å². The number of anilines is 1. The van der Waals surface area contributed by atoms with Crippen molar-refractivity contribution in [3.8, 4) is 0 Å². The predicted molar refractivity (Wildman–Crippen MR) is 117 cm³/mol. The standard InChI is InChI=1S/C14H13N9O5S4/c15-13-16-4(1-30-13)6(20-28)9(24)17-7-10(25)23-8(12(26)27)5(2-29-11(7)23)31-3-32-14-18-21-22-19-14/h1,7,11,28H,2-3H2,(H2,15,16)(H,17,24)(H,26,27)(H,18,19,21,22)/b20-6-/t7-,11+/m1/s1. The molecule has 2 aromatic rings. The van der Waals surface area contributed by atoms with E-state index in [1.807, 2.05) is 0 Å². The van der Waals surface area contributed by atoms with Gasteiger partial charge in [0.25, 0.3) is 11.8 Å². The van der Waals surface area contributed by atoms with Crippen LogP contribution in [-0.2, 0) is 14.4 Å². The molecule has 32 heavy (non-hydrogen) atoms. The van der Waals surface area contributed by atoms with Crippen molar-refractivity contribution in [3.63, 3.8) is 0 Å². The quantitative estimate of drug-likeness (QED) is 0.0756. The molecular formula is C14H13N9O5S4. The van der Waals surface area contributed by atoms with E-state index in [1.54, 1.807) is 0 Å². The van der Waals surface area contributed by atoms with E-state index in [0.29, 0.717) is 20.9 Å². The van der Waals surface area contributed by atoms with Gasteiger partial charge in [-0.3, -0.25) is 14.5 Å². The summed E-state index contributed by atoms with van der Waals surface area (Å²) < 4.78 is 0. The van der Waals surface area contributed by atoms with Crippen LogP contribution in [0.1, 0.15) is 5.69 Å². The van der Waals surface area contributed by atoms with Crippen molar-refractivity contribution < 1.29 is 24.7 Å². The number of nitrogens with one attached hydrogen (secondary N) is 2. The molecule has 2 aliphatic rings. The molecule has 4 heterocycles. The summed E-state index contributed by atoms with van der Waals surface area (Å²) in [6.45, 7) is 0. The highest BCUT2D eigenvalue weighted by Gasteiger charge is 2.54. The molecule has 2 atom stereocenters. The first kappa shape index (κ1) is 22.4. The molecule has 18 heteroatoms. The van der Waals surface area contributed by atoms with Crippen LogP contribution in [0.15, 0.2) is 26.3 Å². The Morgan fingerprint density at radius 2 is 2.25 bits per heavy atom. The number of aromatic amines is 1. The van der Waals surface area contributed by atoms with Crippen molar-refractivity contribution in [3.05, 3.63) is 21.7 Å². The van der Waals surface area contributed by atoms with Crippen LogP contribution >= 0.6 is 46.6 Å². The molecule has 168 valence electrons. The largest absolute Gasteiger partial charge is 0.477 e. The van der Waals surface area contributed by atoms with Crippen molar-refractivity contribution in [2.24, 2.45) is 5.16 Å². The van der Waals surface area contributed by atoms with Gasteiger partial charge in [-0.15, -0.1) is 40.0 Å². The summed E-state index contributed by atoms with van der Waals surface area (Å²) in [7, 11) is 0. The van der Waals surface area contributed by atoms with E-state index in [-0.39, 0.29) is 16.5 Å². The lowest BCUT2D eigenvalue weighted by atomic mass is 10.0. The molecule has 4 rings (SSSR count). The summed E-state index contributed by atoms with van der Waals surface area (Å²) >= 11 is 4.94. The fourth-order valence-electron chi connectivity index (χ4n) is 2.89. The number of aliphatic carboxylic acids is 1. The number of thiazole rings is 1. The summed E-state index contributed by atoms with van der Waals surface area (Å²) in [4.78, 5) is 42.7. The van der Waals surface area contributed by atoms with Crippen LogP contribution in [0.2, 0.25) is 0 Å². The van der Waals surface area contributed by atoms with Gasteiger partial charge in [0, 0.05) is 16.0 Å². The number of carbonyl (C=O) groups is 3. The Bertz CT molecular complexity index is 1120. The summed E-state index contributed by atoms with van der Waals surface area (Å²) in [5, 5.41) is 39.5. The van der Waals surface area contributed by atoms with Crippen molar-refractivity contribution in [1.29, 1.82) is 0 Å². The number of hydrogen-bond acceptors (Lipinski definition) is 14. The number of fused-ring (bicyclic) bond motifs is 1. The van der Waals surface area contributed by atoms with Gasteiger partial charge in [0.1, 0.15) is 22.8 Å². The van der Waals surface area contributed by atoms with Gasteiger partial charge in [0.2, 0.25) is 5.16 Å². The number of hydrogen-bond donors (Lipinski definition) is 5. The zero-order valence-corrected chi connectivity index (χ0v) is 18.9. The molecule has 0 bridgehead atoms. The number of oxime groups is 1. The van der Waals surface area contributed by atoms with Crippen LogP contribution in [0.5, 0.6) is 0 Å². The zero-order valence-electron chi connectivity index (χ0n) is 15.7. The number of thioether (sulfide) groups is 3. The second-order valence-electron chi connectivity index (χ2n) is 6.07. The maximum Gasteiger partial charge on any atom is 0.353 e. The molecule has 0 unspecified atom stereocenters. The maximum atomic E-state index is 12.7. The van der Waals surface area contributed by atoms with E-state index < -0.39 is 34.9 Å². The molecular weight excluding hydrogens is 502 g/mol. The van der Waals surface area contributed by atoms with Crippen molar-refractivity contribution in [2.75, 3.05) is 16.6 Å². The molecule has 0 saturated carbocycles. The Labute approximate surface area is 195 Å². The lowest BCUT2D eigenvalue weighted by molar-refractivity contribution is -0.150. The van der Waals surface area contributed by atoms with Crippen molar-refractivity contribution in [2.45, 2.75) is 16.6 Å². The third-order valence-electron chi connectivity index (χ3n) is 4.26. The lowest BCUT2D eigenvalue weighted by Gasteiger charge is -2.49. The van der Waals surface area contributed by atoms with Gasteiger partial charge in [-0.1, -0.05) is 16.9 Å². The average Bonchev–Trinajstić information content (AvgIpc) is 3.44. The van der Waals surface area contributed by atoms with Crippen LogP contribution in [0.3, 0.4) is 0 Å². The van der Waals surface area contributed by atoms with Gasteiger partial charge < -0.3 is 21.4 Å². The van der Waals surface area contributed by atoms with Gasteiger partial charge in [0.05, 0.1) is 5.08 Å². The maximum absolute atomic E-state index is 12.7. The number of H-pyrrole nitrogens is 1. The van der Waals surface area contributed by atoms with E-state index in [1.165, 1.54) is 40.7 Å². The fourth-order valence-corrected chi connectivity index (χ4v) is 6.94. The van der Waals surface area contributed by atoms with Crippen LogP contribution in [-0.4, -0.2) is 86.6 Å². The molecule has 1 fully saturated rings. The van der Waals surface area contributed by atoms with Crippen LogP contribution < -0.4 is 11.1 Å². The number of nitrogens with two attached hydrogens (primary N) is 1. The summed E-state index contributed by atoms with van der Waals surface area (Å²) in [6, 6.07) is -0.976. The smallest absolute Gasteiger partial charge is 0.353 e. The van der Waals surface area contributed by atoms with Gasteiger partial charge >= 0.3 is 5.97 Å². The minimum Gasteiger partial charge on any atom is -0.477 e. The highest BCUT2D eigenvalue weighted by atomic mass is 32.2. The number of nitrogens with zero attached hydrogens (tertiary/aromatic N) is 6. The van der Waals surface area contributed by atoms with Gasteiger partial charge in [0.15, 0.2) is 10.8 Å². The zero-order chi connectivity index (χ0) is 22.8. The van der Waals surface area contributed by atoms with E-state index in [4.69, 9.17) is 5.73 Å². The van der Waals surface area contributed by atoms with Crippen molar-refractivity contribution in [1.82, 2.24) is 35.8 Å². The Kier molecular flexibility index (Phi) is 6.53. The molecule has 1 saturated heterocycles. The Morgan fingerprint density at radius 3 is 2.88 bits per heavy atom.